The Morgan fingerprint density at radius 2 is 2.15 bits per heavy atom. The van der Waals surface area contributed by atoms with E-state index >= 15 is 0 Å². The van der Waals surface area contributed by atoms with Gasteiger partial charge in [-0.2, -0.15) is 0 Å². The van der Waals surface area contributed by atoms with Gasteiger partial charge >= 0.3 is 0 Å². The van der Waals surface area contributed by atoms with Crippen LogP contribution in [0.1, 0.15) is 18.3 Å². The molecule has 0 aliphatic rings. The van der Waals surface area contributed by atoms with Crippen molar-refractivity contribution in [3.63, 3.8) is 0 Å². The first kappa shape index (κ1) is 17.9. The Labute approximate surface area is 151 Å². The molecule has 1 aromatic carbocycles. The summed E-state index contributed by atoms with van der Waals surface area (Å²) >= 11 is 0. The van der Waals surface area contributed by atoms with E-state index in [-0.39, 0.29) is 5.82 Å². The molecule has 0 amide bonds. The maximum atomic E-state index is 13.4. The molecule has 0 aliphatic heterocycles. The zero-order chi connectivity index (χ0) is 18.4. The maximum absolute atomic E-state index is 13.4. The number of hydrogen-bond acceptors (Lipinski definition) is 3. The van der Waals surface area contributed by atoms with Crippen molar-refractivity contribution in [3.8, 4) is 0 Å². The quantitative estimate of drug-likeness (QED) is 0.445. The lowest BCUT2D eigenvalue weighted by Crippen LogP contribution is -2.39. The van der Waals surface area contributed by atoms with E-state index in [1.165, 1.54) is 6.07 Å². The number of hydrogen-bond donors (Lipinski definition) is 3. The van der Waals surface area contributed by atoms with Crippen molar-refractivity contribution in [3.05, 3.63) is 47.9 Å². The van der Waals surface area contributed by atoms with Crippen LogP contribution < -0.4 is 10.6 Å². The molecule has 0 unspecified atom stereocenters. The average Bonchev–Trinajstić information content (AvgIpc) is 3.27. The number of benzene rings is 1. The minimum absolute atomic E-state index is 0.218. The minimum Gasteiger partial charge on any atom is -0.361 e. The van der Waals surface area contributed by atoms with Crippen LogP contribution >= 0.6 is 0 Å². The number of guanidine groups is 1. The van der Waals surface area contributed by atoms with Gasteiger partial charge in [0.1, 0.15) is 18.0 Å². The van der Waals surface area contributed by atoms with Crippen molar-refractivity contribution in [1.29, 1.82) is 0 Å². The summed E-state index contributed by atoms with van der Waals surface area (Å²) in [6.45, 7) is 4.27. The first-order valence-electron chi connectivity index (χ1n) is 8.78. The van der Waals surface area contributed by atoms with Gasteiger partial charge in [-0.05, 0) is 30.2 Å². The van der Waals surface area contributed by atoms with Crippen LogP contribution in [0, 0.1) is 5.82 Å². The summed E-state index contributed by atoms with van der Waals surface area (Å²) in [4.78, 5) is 7.40. The van der Waals surface area contributed by atoms with E-state index in [1.54, 1.807) is 25.5 Å². The number of aromatic amines is 1. The van der Waals surface area contributed by atoms with Crippen molar-refractivity contribution in [1.82, 2.24) is 30.4 Å². The second-order valence-corrected chi connectivity index (χ2v) is 5.97. The van der Waals surface area contributed by atoms with Gasteiger partial charge in [0.25, 0.3) is 0 Å². The number of nitrogens with one attached hydrogen (secondary N) is 3. The van der Waals surface area contributed by atoms with Crippen LogP contribution in [-0.4, -0.2) is 45.8 Å². The van der Waals surface area contributed by atoms with Gasteiger partial charge in [0, 0.05) is 50.2 Å². The number of nitrogens with zero attached hydrogens (tertiary/aromatic N) is 4. The van der Waals surface area contributed by atoms with E-state index in [0.717, 1.165) is 54.2 Å². The fraction of sp³-hybridized carbons (Fsp3) is 0.389. The van der Waals surface area contributed by atoms with Crippen LogP contribution in [0.15, 0.2) is 35.7 Å². The third-order valence-corrected chi connectivity index (χ3v) is 4.30. The van der Waals surface area contributed by atoms with Gasteiger partial charge in [-0.1, -0.05) is 6.92 Å². The molecule has 2 aromatic heterocycles. The van der Waals surface area contributed by atoms with E-state index < -0.39 is 0 Å². The predicted molar refractivity (Wildman–Crippen MR) is 101 cm³/mol. The van der Waals surface area contributed by atoms with E-state index in [2.05, 4.69) is 37.7 Å². The molecule has 3 N–H and O–H groups in total. The highest BCUT2D eigenvalue weighted by Crippen LogP contribution is 2.19. The molecule has 0 aliphatic carbocycles. The Morgan fingerprint density at radius 1 is 1.31 bits per heavy atom. The zero-order valence-corrected chi connectivity index (χ0v) is 15.1. The van der Waals surface area contributed by atoms with Crippen molar-refractivity contribution in [2.45, 2.75) is 26.3 Å². The lowest BCUT2D eigenvalue weighted by Gasteiger charge is -2.12. The summed E-state index contributed by atoms with van der Waals surface area (Å²) in [6, 6.07) is 4.79. The largest absolute Gasteiger partial charge is 0.361 e. The summed E-state index contributed by atoms with van der Waals surface area (Å²) < 4.78 is 15.5. The Balaban J connectivity index is 1.47. The summed E-state index contributed by atoms with van der Waals surface area (Å²) in [7, 11) is 1.74. The summed E-state index contributed by atoms with van der Waals surface area (Å²) in [6.07, 6.45) is 5.31. The van der Waals surface area contributed by atoms with E-state index in [0.29, 0.717) is 6.54 Å². The lowest BCUT2D eigenvalue weighted by molar-refractivity contribution is 0.629. The molecule has 0 radical (unpaired) electrons. The Bertz CT molecular complexity index is 881. The number of halogens is 1. The number of H-pyrrole nitrogens is 1. The summed E-state index contributed by atoms with van der Waals surface area (Å²) in [5.41, 5.74) is 2.03. The normalized spacial score (nSPS) is 11.9. The molecular weight excluding hydrogens is 333 g/mol. The van der Waals surface area contributed by atoms with Crippen LogP contribution in [0.4, 0.5) is 4.39 Å². The van der Waals surface area contributed by atoms with Crippen LogP contribution in [0.3, 0.4) is 0 Å². The van der Waals surface area contributed by atoms with Crippen molar-refractivity contribution in [2.75, 3.05) is 20.1 Å². The first-order valence-corrected chi connectivity index (χ1v) is 8.78. The topological polar surface area (TPSA) is 82.9 Å². The molecule has 8 heteroatoms. The van der Waals surface area contributed by atoms with E-state index in [9.17, 15) is 4.39 Å². The van der Waals surface area contributed by atoms with Gasteiger partial charge in [-0.25, -0.2) is 4.39 Å². The molecule has 7 nitrogen and oxygen atoms in total. The van der Waals surface area contributed by atoms with Crippen LogP contribution in [0.2, 0.25) is 0 Å². The molecule has 138 valence electrons. The van der Waals surface area contributed by atoms with Crippen molar-refractivity contribution >= 4 is 16.9 Å². The van der Waals surface area contributed by atoms with E-state index in [1.807, 2.05) is 10.8 Å². The molecule has 3 rings (SSSR count). The van der Waals surface area contributed by atoms with Gasteiger partial charge in [0.2, 0.25) is 0 Å². The van der Waals surface area contributed by atoms with Gasteiger partial charge in [0.05, 0.1) is 0 Å². The van der Waals surface area contributed by atoms with Gasteiger partial charge < -0.3 is 20.2 Å². The standard InChI is InChI=1S/C18H24FN7/c1-3-17-25-24-12-26(17)9-8-22-18(20-2)21-7-6-13-11-23-16-5-4-14(19)10-15(13)16/h4-5,10-12,23H,3,6-9H2,1-2H3,(H2,20,21,22). The highest BCUT2D eigenvalue weighted by atomic mass is 19.1. The van der Waals surface area contributed by atoms with Gasteiger partial charge in [-0.15, -0.1) is 10.2 Å². The molecule has 0 saturated heterocycles. The van der Waals surface area contributed by atoms with Gasteiger partial charge in [0.15, 0.2) is 5.96 Å². The summed E-state index contributed by atoms with van der Waals surface area (Å²) in [5.74, 6) is 1.49. The monoisotopic (exact) mass is 357 g/mol. The highest BCUT2D eigenvalue weighted by Gasteiger charge is 2.06. The SMILES string of the molecule is CCc1nncn1CCNC(=NC)NCCc1c[nH]c2ccc(F)cc12. The fourth-order valence-corrected chi connectivity index (χ4v) is 2.93. The third-order valence-electron chi connectivity index (χ3n) is 4.30. The average molecular weight is 357 g/mol. The number of aromatic nitrogens is 4. The van der Waals surface area contributed by atoms with E-state index in [4.69, 9.17) is 0 Å². The number of rotatable bonds is 7. The van der Waals surface area contributed by atoms with Crippen LogP contribution in [0.25, 0.3) is 10.9 Å². The Hall–Kier alpha value is -2.90. The third kappa shape index (κ3) is 4.19. The summed E-state index contributed by atoms with van der Waals surface area (Å²) in [5, 5.41) is 15.5. The first-order chi connectivity index (χ1) is 12.7. The molecule has 3 aromatic rings. The molecule has 0 spiro atoms. The smallest absolute Gasteiger partial charge is 0.191 e. The maximum Gasteiger partial charge on any atom is 0.191 e. The molecule has 0 bridgehead atoms. The molecule has 0 saturated carbocycles. The highest BCUT2D eigenvalue weighted by molar-refractivity contribution is 5.83. The van der Waals surface area contributed by atoms with Crippen LogP contribution in [0.5, 0.6) is 0 Å². The Morgan fingerprint density at radius 3 is 2.96 bits per heavy atom. The molecule has 2 heterocycles. The minimum atomic E-state index is -0.218. The zero-order valence-electron chi connectivity index (χ0n) is 15.1. The van der Waals surface area contributed by atoms with Gasteiger partial charge in [-0.3, -0.25) is 4.99 Å². The predicted octanol–water partition coefficient (Wildman–Crippen LogP) is 1.87. The molecule has 0 atom stereocenters. The van der Waals surface area contributed by atoms with Crippen molar-refractivity contribution < 1.29 is 4.39 Å². The number of aryl methyl sites for hydroxylation is 1. The lowest BCUT2D eigenvalue weighted by atomic mass is 10.1. The fourth-order valence-electron chi connectivity index (χ4n) is 2.93. The Kier molecular flexibility index (Phi) is 5.83. The second-order valence-electron chi connectivity index (χ2n) is 5.97. The second kappa shape index (κ2) is 8.46. The van der Waals surface area contributed by atoms with Crippen LogP contribution in [-0.2, 0) is 19.4 Å². The van der Waals surface area contributed by atoms with Crippen molar-refractivity contribution in [2.24, 2.45) is 4.99 Å². The molecular formula is C18H24FN7. The number of fused-ring (bicyclic) bond motifs is 1. The molecule has 0 fully saturated rings. The number of aliphatic imine (C=N–C) groups is 1. The molecule has 26 heavy (non-hydrogen) atoms.